The van der Waals surface area contributed by atoms with Crippen molar-refractivity contribution in [2.75, 3.05) is 12.9 Å². The number of benzene rings is 2. The van der Waals surface area contributed by atoms with Crippen molar-refractivity contribution in [1.29, 1.82) is 5.26 Å². The normalized spacial score (nSPS) is 13.1. The summed E-state index contributed by atoms with van der Waals surface area (Å²) in [4.78, 5) is 10.1. The fourth-order valence-corrected chi connectivity index (χ4v) is 7.45. The predicted molar refractivity (Wildman–Crippen MR) is 136 cm³/mol. The van der Waals surface area contributed by atoms with Gasteiger partial charge in [-0.3, -0.25) is 0 Å². The first-order chi connectivity index (χ1) is 17.6. The van der Waals surface area contributed by atoms with Crippen LogP contribution >= 0.6 is 30.5 Å². The molecule has 9 nitrogen and oxygen atoms in total. The average Bonchev–Trinajstić information content (AvgIpc) is 3.30. The van der Waals surface area contributed by atoms with Gasteiger partial charge in [-0.25, -0.2) is 21.9 Å². The number of aromatic nitrogens is 1. The van der Waals surface area contributed by atoms with Crippen molar-refractivity contribution in [2.24, 2.45) is 0 Å². The van der Waals surface area contributed by atoms with Crippen molar-refractivity contribution in [3.05, 3.63) is 83.4 Å². The Bertz CT molecular complexity index is 1640. The topological polar surface area (TPSA) is 130 Å². The Balaban J connectivity index is 1.43. The maximum Gasteiger partial charge on any atom is 0.391 e. The molecule has 0 amide bonds. The monoisotopic (exact) mass is 582 g/mol. The van der Waals surface area contributed by atoms with E-state index in [9.17, 15) is 22.3 Å². The van der Waals surface area contributed by atoms with Crippen LogP contribution in [0.4, 0.5) is 4.39 Å². The molecule has 1 unspecified atom stereocenters. The lowest BCUT2D eigenvalue weighted by Gasteiger charge is -2.14. The highest BCUT2D eigenvalue weighted by Gasteiger charge is 2.27. The molecule has 0 bridgehead atoms. The number of hydrogen-bond acceptors (Lipinski definition) is 7. The van der Waals surface area contributed by atoms with E-state index in [-0.39, 0.29) is 15.5 Å². The summed E-state index contributed by atoms with van der Waals surface area (Å²) < 4.78 is 66.7. The van der Waals surface area contributed by atoms with Gasteiger partial charge in [-0.15, -0.1) is 11.3 Å². The van der Waals surface area contributed by atoms with Crippen LogP contribution in [0.15, 0.2) is 71.2 Å². The highest BCUT2D eigenvalue weighted by molar-refractivity contribution is 7.92. The molecular formula is C23H19ClFN3O6PS2+. The molecule has 0 aliphatic rings. The van der Waals surface area contributed by atoms with Crippen LogP contribution in [0.2, 0.25) is 5.02 Å². The van der Waals surface area contributed by atoms with E-state index in [2.05, 4.69) is 0 Å². The van der Waals surface area contributed by atoms with E-state index in [1.807, 2.05) is 39.9 Å². The minimum atomic E-state index is -4.55. The zero-order chi connectivity index (χ0) is 26.6. The van der Waals surface area contributed by atoms with Crippen LogP contribution in [0.1, 0.15) is 5.56 Å². The molecule has 192 valence electrons. The lowest BCUT2D eigenvalue weighted by atomic mass is 10.2. The highest BCUT2D eigenvalue weighted by Crippen LogP contribution is 2.43. The molecule has 2 N–H and O–H groups in total. The van der Waals surface area contributed by atoms with Crippen molar-refractivity contribution in [3.63, 3.8) is 0 Å². The molecule has 0 aliphatic heterocycles. The molecule has 0 saturated carbocycles. The van der Waals surface area contributed by atoms with Crippen molar-refractivity contribution >= 4 is 50.6 Å². The fraction of sp³-hybridized carbons (Fsp3) is 0.130. The number of hydrogen-bond donors (Lipinski definition) is 2. The Labute approximate surface area is 220 Å². The number of ether oxygens (including phenoxy) is 1. The number of halogens is 2. The van der Waals surface area contributed by atoms with E-state index in [4.69, 9.17) is 26.1 Å². The lowest BCUT2D eigenvalue weighted by molar-refractivity contribution is -0.697. The highest BCUT2D eigenvalue weighted by atomic mass is 35.5. The van der Waals surface area contributed by atoms with E-state index in [1.54, 1.807) is 18.2 Å². The van der Waals surface area contributed by atoms with E-state index < -0.39 is 29.7 Å². The van der Waals surface area contributed by atoms with E-state index in [0.29, 0.717) is 34.0 Å². The molecule has 14 heteroatoms. The van der Waals surface area contributed by atoms with Gasteiger partial charge in [0, 0.05) is 24.3 Å². The van der Waals surface area contributed by atoms with Gasteiger partial charge in [0.25, 0.3) is 10.0 Å². The maximum absolute atomic E-state index is 13.7. The van der Waals surface area contributed by atoms with Crippen LogP contribution in [-0.4, -0.2) is 26.2 Å². The number of fused-ring (bicyclic) bond motifs is 1. The molecule has 4 aromatic rings. The summed E-state index contributed by atoms with van der Waals surface area (Å²) in [5.74, 6) is -0.801. The summed E-state index contributed by atoms with van der Waals surface area (Å²) in [7, 11) is -8.76. The molecule has 0 spiro atoms. The molecular weight excluding hydrogens is 564 g/mol. The SMILES string of the molecule is N#Cc1ccc(OP(=O)(O)CNS(=O)(=O)c2cc3cc(OCC[n+]4ccccc4)cc(Cl)c3s2)cc1F. The molecule has 1 atom stereocenters. The second kappa shape index (κ2) is 11.1. The third-order valence-corrected chi connectivity index (χ3v) is 9.68. The quantitative estimate of drug-likeness (QED) is 0.209. The van der Waals surface area contributed by atoms with Gasteiger partial charge in [0.15, 0.2) is 18.9 Å². The standard InChI is InChI=1S/C23H18ClFN3O6PS2/c24-20-12-19(33-9-8-28-6-2-1-3-7-28)10-17-11-22(36-23(17)20)37(31,32)27-15-35(29,30)34-18-5-4-16(14-26)21(25)13-18/h1-7,10-13,27H,8-9,15H2/p+1. The van der Waals surface area contributed by atoms with Crippen LogP contribution < -0.4 is 18.5 Å². The first-order valence-corrected chi connectivity index (χ1v) is 15.0. The largest absolute Gasteiger partial charge is 0.487 e. The third kappa shape index (κ3) is 6.84. The van der Waals surface area contributed by atoms with Gasteiger partial charge in [0.2, 0.25) is 0 Å². The van der Waals surface area contributed by atoms with Gasteiger partial charge in [-0.2, -0.15) is 9.98 Å². The van der Waals surface area contributed by atoms with Gasteiger partial charge in [0.05, 0.1) is 15.3 Å². The lowest BCUT2D eigenvalue weighted by Crippen LogP contribution is -2.35. The summed E-state index contributed by atoms with van der Waals surface area (Å²) in [5.41, 5.74) is -0.270. The van der Waals surface area contributed by atoms with Gasteiger partial charge in [0.1, 0.15) is 40.5 Å². The smallest absolute Gasteiger partial charge is 0.391 e. The minimum Gasteiger partial charge on any atom is -0.487 e. The Hall–Kier alpha value is -3.04. The van der Waals surface area contributed by atoms with E-state index >= 15 is 0 Å². The first-order valence-electron chi connectivity index (χ1n) is 10.6. The van der Waals surface area contributed by atoms with Crippen molar-refractivity contribution < 1.29 is 36.1 Å². The van der Waals surface area contributed by atoms with Crippen LogP contribution in [0.25, 0.3) is 10.1 Å². The zero-order valence-corrected chi connectivity index (χ0v) is 22.2. The molecule has 0 aliphatic carbocycles. The fourth-order valence-electron chi connectivity index (χ4n) is 3.21. The number of nitriles is 1. The number of sulfonamides is 1. The zero-order valence-electron chi connectivity index (χ0n) is 18.9. The predicted octanol–water partition coefficient (Wildman–Crippen LogP) is 4.43. The maximum atomic E-state index is 13.7. The summed E-state index contributed by atoms with van der Waals surface area (Å²) >= 11 is 7.24. The molecule has 4 rings (SSSR count). The van der Waals surface area contributed by atoms with Crippen LogP contribution in [0.3, 0.4) is 0 Å². The summed E-state index contributed by atoms with van der Waals surface area (Å²) in [6, 6.07) is 14.9. The average molecular weight is 583 g/mol. The number of rotatable bonds is 10. The van der Waals surface area contributed by atoms with Crippen molar-refractivity contribution in [3.8, 4) is 17.6 Å². The second-order valence-corrected chi connectivity index (χ2v) is 12.9. The molecule has 0 radical (unpaired) electrons. The summed E-state index contributed by atoms with van der Waals surface area (Å²) in [6.07, 6.45) is 2.84. The third-order valence-electron chi connectivity index (χ3n) is 4.95. The van der Waals surface area contributed by atoms with Crippen LogP contribution in [0, 0.1) is 17.1 Å². The van der Waals surface area contributed by atoms with Gasteiger partial charge < -0.3 is 14.2 Å². The van der Waals surface area contributed by atoms with E-state index in [1.165, 1.54) is 6.07 Å². The Morgan fingerprint density at radius 1 is 1.16 bits per heavy atom. The minimum absolute atomic E-state index is 0.134. The van der Waals surface area contributed by atoms with E-state index in [0.717, 1.165) is 29.5 Å². The summed E-state index contributed by atoms with van der Waals surface area (Å²) in [5, 5.41) is 9.58. The number of thiophene rings is 1. The van der Waals surface area contributed by atoms with Gasteiger partial charge in [-0.05, 0) is 29.7 Å². The first kappa shape index (κ1) is 27.0. The van der Waals surface area contributed by atoms with Crippen molar-refractivity contribution in [1.82, 2.24) is 4.72 Å². The van der Waals surface area contributed by atoms with Crippen molar-refractivity contribution in [2.45, 2.75) is 10.8 Å². The second-order valence-electron chi connectivity index (χ2n) is 7.64. The molecule has 2 aromatic carbocycles. The molecule has 0 fully saturated rings. The Kier molecular flexibility index (Phi) is 8.14. The Morgan fingerprint density at radius 2 is 1.92 bits per heavy atom. The van der Waals surface area contributed by atoms with Crippen LogP contribution in [-0.2, 0) is 21.1 Å². The Morgan fingerprint density at radius 3 is 2.62 bits per heavy atom. The molecule has 37 heavy (non-hydrogen) atoms. The number of nitrogens with one attached hydrogen (secondary N) is 1. The van der Waals surface area contributed by atoms with Crippen LogP contribution in [0.5, 0.6) is 11.5 Å². The van der Waals surface area contributed by atoms with Gasteiger partial charge >= 0.3 is 7.60 Å². The molecule has 0 saturated heterocycles. The molecule has 2 aromatic heterocycles. The number of pyridine rings is 1. The number of nitrogens with zero attached hydrogens (tertiary/aromatic N) is 2. The molecule has 2 heterocycles. The summed E-state index contributed by atoms with van der Waals surface area (Å²) in [6.45, 7) is 0.963. The van der Waals surface area contributed by atoms with Gasteiger partial charge in [-0.1, -0.05) is 17.7 Å².